The second-order valence-electron chi connectivity index (χ2n) is 5.48. The quantitative estimate of drug-likeness (QED) is 0.780. The molecule has 0 saturated carbocycles. The second-order valence-corrected chi connectivity index (χ2v) is 6.35. The maximum absolute atomic E-state index is 12.2. The van der Waals surface area contributed by atoms with Gasteiger partial charge < -0.3 is 9.88 Å². The Labute approximate surface area is 132 Å². The van der Waals surface area contributed by atoms with Crippen LogP contribution in [0.5, 0.6) is 0 Å². The summed E-state index contributed by atoms with van der Waals surface area (Å²) in [4.78, 5) is 17.5. The Morgan fingerprint density at radius 3 is 2.95 bits per heavy atom. The van der Waals surface area contributed by atoms with E-state index in [-0.39, 0.29) is 24.4 Å². The molecule has 0 aliphatic carbocycles. The van der Waals surface area contributed by atoms with Crippen molar-refractivity contribution < 1.29 is 4.79 Å². The van der Waals surface area contributed by atoms with Crippen LogP contribution in [0.25, 0.3) is 4.96 Å². The van der Waals surface area contributed by atoms with E-state index in [9.17, 15) is 4.79 Å². The van der Waals surface area contributed by atoms with E-state index in [1.54, 1.807) is 17.7 Å². The molecule has 0 fully saturated rings. The van der Waals surface area contributed by atoms with Gasteiger partial charge >= 0.3 is 0 Å². The van der Waals surface area contributed by atoms with Crippen molar-refractivity contribution in [2.24, 2.45) is 0 Å². The van der Waals surface area contributed by atoms with Crippen LogP contribution in [-0.2, 0) is 11.2 Å². The van der Waals surface area contributed by atoms with Crippen molar-refractivity contribution in [1.29, 1.82) is 0 Å². The molecule has 0 spiro atoms. The van der Waals surface area contributed by atoms with E-state index in [4.69, 9.17) is 0 Å². The van der Waals surface area contributed by atoms with E-state index in [2.05, 4.69) is 34.3 Å². The summed E-state index contributed by atoms with van der Waals surface area (Å²) in [6, 6.07) is 0.0606. The highest BCUT2D eigenvalue weighted by atomic mass is 32.1. The van der Waals surface area contributed by atoms with Gasteiger partial charge in [0.15, 0.2) is 10.8 Å². The molecule has 0 aliphatic rings. The fourth-order valence-electron chi connectivity index (χ4n) is 2.34. The summed E-state index contributed by atoms with van der Waals surface area (Å²) in [7, 11) is 0. The summed E-state index contributed by atoms with van der Waals surface area (Å²) in [5, 5.41) is 12.9. The predicted octanol–water partition coefficient (Wildman–Crippen LogP) is 1.99. The van der Waals surface area contributed by atoms with Crippen molar-refractivity contribution in [1.82, 2.24) is 29.5 Å². The van der Waals surface area contributed by atoms with Crippen LogP contribution >= 0.6 is 11.3 Å². The number of carbonyl (C=O) groups excluding carboxylic acids is 1. The van der Waals surface area contributed by atoms with Gasteiger partial charge in [0, 0.05) is 23.8 Å². The summed E-state index contributed by atoms with van der Waals surface area (Å²) < 4.78 is 3.88. The Hall–Kier alpha value is -2.22. The molecule has 116 valence electrons. The van der Waals surface area contributed by atoms with Gasteiger partial charge in [0.05, 0.1) is 18.2 Å². The van der Waals surface area contributed by atoms with Crippen molar-refractivity contribution in [3.8, 4) is 0 Å². The van der Waals surface area contributed by atoms with E-state index >= 15 is 0 Å². The van der Waals surface area contributed by atoms with Gasteiger partial charge in [-0.25, -0.2) is 4.98 Å². The molecule has 8 heteroatoms. The lowest BCUT2D eigenvalue weighted by Gasteiger charge is -2.16. The summed E-state index contributed by atoms with van der Waals surface area (Å²) in [5.74, 6) is 0.686. The van der Waals surface area contributed by atoms with E-state index < -0.39 is 0 Å². The van der Waals surface area contributed by atoms with Crippen molar-refractivity contribution in [2.75, 3.05) is 0 Å². The fraction of sp³-hybridized carbons (Fsp3) is 0.429. The molecule has 1 atom stereocenters. The Kier molecular flexibility index (Phi) is 3.93. The second kappa shape index (κ2) is 5.88. The van der Waals surface area contributed by atoms with Crippen molar-refractivity contribution in [3.05, 3.63) is 35.6 Å². The lowest BCUT2D eigenvalue weighted by Crippen LogP contribution is -2.30. The number of aromatic nitrogens is 5. The number of thiazole rings is 1. The molecular formula is C14H18N6OS. The molecule has 1 N–H and O–H groups in total. The number of hydrogen-bond donors (Lipinski definition) is 1. The van der Waals surface area contributed by atoms with Crippen LogP contribution in [-0.4, -0.2) is 30.1 Å². The monoisotopic (exact) mass is 318 g/mol. The number of fused-ring (bicyclic) bond motifs is 1. The predicted molar refractivity (Wildman–Crippen MR) is 83.7 cm³/mol. The Morgan fingerprint density at radius 2 is 2.23 bits per heavy atom. The SMILES string of the molecule is CC(NC(=O)Cc1cn2ccsc2n1)c1nncn1C(C)C. The molecule has 0 bridgehead atoms. The first-order chi connectivity index (χ1) is 10.5. The first-order valence-corrected chi connectivity index (χ1v) is 8.02. The summed E-state index contributed by atoms with van der Waals surface area (Å²) in [5.41, 5.74) is 0.766. The van der Waals surface area contributed by atoms with Crippen LogP contribution in [0.15, 0.2) is 24.1 Å². The number of rotatable bonds is 5. The average Bonchev–Trinajstić information content (AvgIpc) is 3.12. The first-order valence-electron chi connectivity index (χ1n) is 7.14. The van der Waals surface area contributed by atoms with Gasteiger partial charge in [-0.2, -0.15) is 0 Å². The molecule has 22 heavy (non-hydrogen) atoms. The molecule has 3 heterocycles. The van der Waals surface area contributed by atoms with E-state index in [1.807, 2.05) is 33.7 Å². The lowest BCUT2D eigenvalue weighted by atomic mass is 10.2. The van der Waals surface area contributed by atoms with E-state index in [0.29, 0.717) is 0 Å². The zero-order valence-electron chi connectivity index (χ0n) is 12.7. The zero-order valence-corrected chi connectivity index (χ0v) is 13.5. The molecular weight excluding hydrogens is 300 g/mol. The molecule has 7 nitrogen and oxygen atoms in total. The molecule has 1 unspecified atom stereocenters. The third-order valence-electron chi connectivity index (χ3n) is 3.41. The van der Waals surface area contributed by atoms with Gasteiger partial charge in [0.2, 0.25) is 5.91 Å². The van der Waals surface area contributed by atoms with Gasteiger partial charge in [-0.1, -0.05) is 0 Å². The van der Waals surface area contributed by atoms with Gasteiger partial charge in [-0.3, -0.25) is 9.20 Å². The zero-order chi connectivity index (χ0) is 15.7. The van der Waals surface area contributed by atoms with Gasteiger partial charge in [-0.15, -0.1) is 21.5 Å². The fourth-order valence-corrected chi connectivity index (χ4v) is 3.06. The Morgan fingerprint density at radius 1 is 1.41 bits per heavy atom. The minimum atomic E-state index is -0.193. The molecule has 0 aromatic carbocycles. The topological polar surface area (TPSA) is 77.1 Å². The third kappa shape index (κ3) is 2.87. The Balaban J connectivity index is 1.65. The van der Waals surface area contributed by atoms with Crippen LogP contribution in [0.2, 0.25) is 0 Å². The molecule has 0 aliphatic heterocycles. The van der Waals surface area contributed by atoms with Crippen LogP contribution in [0.1, 0.15) is 44.4 Å². The summed E-state index contributed by atoms with van der Waals surface area (Å²) in [6.07, 6.45) is 5.76. The van der Waals surface area contributed by atoms with Crippen LogP contribution < -0.4 is 5.32 Å². The molecule has 1 amide bonds. The lowest BCUT2D eigenvalue weighted by molar-refractivity contribution is -0.121. The Bertz CT molecular complexity index is 758. The average molecular weight is 318 g/mol. The van der Waals surface area contributed by atoms with E-state index in [1.165, 1.54) is 0 Å². The molecule has 3 aromatic heterocycles. The van der Waals surface area contributed by atoms with Gasteiger partial charge in [-0.05, 0) is 20.8 Å². The number of amides is 1. The van der Waals surface area contributed by atoms with Crippen molar-refractivity contribution in [2.45, 2.75) is 39.3 Å². The third-order valence-corrected chi connectivity index (χ3v) is 4.18. The number of nitrogens with zero attached hydrogens (tertiary/aromatic N) is 5. The maximum Gasteiger partial charge on any atom is 0.226 e. The van der Waals surface area contributed by atoms with Gasteiger partial charge in [0.25, 0.3) is 0 Å². The van der Waals surface area contributed by atoms with Crippen LogP contribution in [0.4, 0.5) is 0 Å². The molecule has 0 radical (unpaired) electrons. The summed E-state index contributed by atoms with van der Waals surface area (Å²) >= 11 is 1.55. The number of nitrogens with one attached hydrogen (secondary N) is 1. The minimum Gasteiger partial charge on any atom is -0.346 e. The van der Waals surface area contributed by atoms with Gasteiger partial charge in [0.1, 0.15) is 6.33 Å². The first kappa shape index (κ1) is 14.7. The van der Waals surface area contributed by atoms with Crippen LogP contribution in [0.3, 0.4) is 0 Å². The van der Waals surface area contributed by atoms with E-state index in [0.717, 1.165) is 16.5 Å². The highest BCUT2D eigenvalue weighted by Gasteiger charge is 2.18. The molecule has 0 saturated heterocycles. The minimum absolute atomic E-state index is 0.0726. The summed E-state index contributed by atoms with van der Waals surface area (Å²) in [6.45, 7) is 6.02. The van der Waals surface area contributed by atoms with Crippen molar-refractivity contribution >= 4 is 22.2 Å². The molecule has 3 aromatic rings. The highest BCUT2D eigenvalue weighted by molar-refractivity contribution is 7.15. The number of imidazole rings is 1. The highest BCUT2D eigenvalue weighted by Crippen LogP contribution is 2.15. The van der Waals surface area contributed by atoms with Crippen molar-refractivity contribution in [3.63, 3.8) is 0 Å². The van der Waals surface area contributed by atoms with Crippen LogP contribution in [0, 0.1) is 0 Å². The largest absolute Gasteiger partial charge is 0.346 e. The normalized spacial score (nSPS) is 12.9. The maximum atomic E-state index is 12.2. The number of hydrogen-bond acceptors (Lipinski definition) is 5. The standard InChI is InChI=1S/C14H18N6OS/c1-9(2)20-8-15-18-13(20)10(3)16-12(21)6-11-7-19-4-5-22-14(19)17-11/h4-5,7-10H,6H2,1-3H3,(H,16,21). The number of carbonyl (C=O) groups is 1. The smallest absolute Gasteiger partial charge is 0.226 e. The molecule has 3 rings (SSSR count).